The zero-order valence-electron chi connectivity index (χ0n) is 12.7. The molecule has 1 aliphatic rings. The van der Waals surface area contributed by atoms with Gasteiger partial charge >= 0.3 is 0 Å². The summed E-state index contributed by atoms with van der Waals surface area (Å²) in [5.74, 6) is 1.62. The van der Waals surface area contributed by atoms with Gasteiger partial charge in [-0.15, -0.1) is 0 Å². The van der Waals surface area contributed by atoms with Crippen LogP contribution in [0, 0.1) is 11.8 Å². The van der Waals surface area contributed by atoms with E-state index in [0.29, 0.717) is 12.1 Å². The van der Waals surface area contributed by atoms with Gasteiger partial charge in [-0.1, -0.05) is 27.7 Å². The van der Waals surface area contributed by atoms with E-state index < -0.39 is 0 Å². The Labute approximate surface area is 108 Å². The third-order valence-corrected chi connectivity index (χ3v) is 4.68. The van der Waals surface area contributed by atoms with E-state index in [1.807, 2.05) is 0 Å². The molecule has 1 saturated carbocycles. The quantitative estimate of drug-likeness (QED) is 0.794. The Kier molecular flexibility index (Phi) is 5.94. The van der Waals surface area contributed by atoms with Crippen molar-refractivity contribution in [3.05, 3.63) is 0 Å². The van der Waals surface area contributed by atoms with Gasteiger partial charge < -0.3 is 5.32 Å². The van der Waals surface area contributed by atoms with Crippen LogP contribution in [0.25, 0.3) is 0 Å². The Hall–Kier alpha value is -0.0800. The summed E-state index contributed by atoms with van der Waals surface area (Å²) >= 11 is 0. The first-order valence-electron chi connectivity index (χ1n) is 7.42. The Morgan fingerprint density at radius 1 is 1.24 bits per heavy atom. The molecule has 0 spiro atoms. The molecule has 102 valence electrons. The van der Waals surface area contributed by atoms with E-state index in [1.165, 1.54) is 19.3 Å². The van der Waals surface area contributed by atoms with Gasteiger partial charge in [-0.25, -0.2) is 0 Å². The zero-order chi connectivity index (χ0) is 13.0. The van der Waals surface area contributed by atoms with Gasteiger partial charge in [0.2, 0.25) is 0 Å². The molecule has 0 aromatic rings. The summed E-state index contributed by atoms with van der Waals surface area (Å²) in [7, 11) is 2.32. The highest BCUT2D eigenvalue weighted by atomic mass is 15.2. The maximum atomic E-state index is 3.69. The van der Waals surface area contributed by atoms with Gasteiger partial charge in [0.15, 0.2) is 0 Å². The van der Waals surface area contributed by atoms with Crippen LogP contribution in [-0.2, 0) is 0 Å². The second kappa shape index (κ2) is 6.75. The van der Waals surface area contributed by atoms with E-state index in [9.17, 15) is 0 Å². The molecular weight excluding hydrogens is 208 g/mol. The van der Waals surface area contributed by atoms with Crippen LogP contribution < -0.4 is 5.32 Å². The van der Waals surface area contributed by atoms with Crippen molar-refractivity contribution in [2.75, 3.05) is 13.6 Å². The van der Waals surface area contributed by atoms with Crippen LogP contribution in [0.5, 0.6) is 0 Å². The predicted octanol–water partition coefficient (Wildman–Crippen LogP) is 3.13. The molecule has 1 rings (SSSR count). The van der Waals surface area contributed by atoms with Gasteiger partial charge in [0, 0.05) is 18.1 Å². The van der Waals surface area contributed by atoms with E-state index in [-0.39, 0.29) is 0 Å². The number of nitrogens with one attached hydrogen (secondary N) is 1. The van der Waals surface area contributed by atoms with E-state index >= 15 is 0 Å². The highest BCUT2D eigenvalue weighted by molar-refractivity contribution is 4.91. The molecule has 0 radical (unpaired) electrons. The second-order valence-electron chi connectivity index (χ2n) is 6.30. The highest BCUT2D eigenvalue weighted by Crippen LogP contribution is 2.29. The first kappa shape index (κ1) is 15.0. The lowest BCUT2D eigenvalue weighted by Crippen LogP contribution is -2.55. The standard InChI is InChI=1S/C15H32N2/c1-7-16-14-9-8-12(4)10-15(14)17(6)13(5)11(2)3/h11-16H,7-10H2,1-6H3. The summed E-state index contributed by atoms with van der Waals surface area (Å²) in [4.78, 5) is 2.62. The van der Waals surface area contributed by atoms with Gasteiger partial charge in [-0.2, -0.15) is 0 Å². The number of hydrogen-bond acceptors (Lipinski definition) is 2. The third-order valence-electron chi connectivity index (χ3n) is 4.68. The average molecular weight is 240 g/mol. The zero-order valence-corrected chi connectivity index (χ0v) is 12.7. The summed E-state index contributed by atoms with van der Waals surface area (Å²) in [5.41, 5.74) is 0. The van der Waals surface area contributed by atoms with Crippen molar-refractivity contribution in [3.63, 3.8) is 0 Å². The molecule has 2 heteroatoms. The minimum Gasteiger partial charge on any atom is -0.313 e. The number of nitrogens with zero attached hydrogens (tertiary/aromatic N) is 1. The average Bonchev–Trinajstić information content (AvgIpc) is 2.29. The van der Waals surface area contributed by atoms with Crippen LogP contribution in [0.3, 0.4) is 0 Å². The van der Waals surface area contributed by atoms with Gasteiger partial charge in [0.25, 0.3) is 0 Å². The molecule has 1 fully saturated rings. The van der Waals surface area contributed by atoms with Crippen molar-refractivity contribution in [3.8, 4) is 0 Å². The molecule has 1 N–H and O–H groups in total. The van der Waals surface area contributed by atoms with Crippen LogP contribution >= 0.6 is 0 Å². The third kappa shape index (κ3) is 3.96. The molecule has 4 atom stereocenters. The number of rotatable bonds is 5. The van der Waals surface area contributed by atoms with Crippen molar-refractivity contribution in [2.45, 2.75) is 72.0 Å². The van der Waals surface area contributed by atoms with Crippen molar-refractivity contribution in [1.82, 2.24) is 10.2 Å². The first-order chi connectivity index (χ1) is 7.97. The maximum Gasteiger partial charge on any atom is 0.0251 e. The summed E-state index contributed by atoms with van der Waals surface area (Å²) in [5, 5.41) is 3.69. The SMILES string of the molecule is CCNC1CCC(C)CC1N(C)C(C)C(C)C. The Balaban J connectivity index is 2.67. The minimum atomic E-state index is 0.673. The van der Waals surface area contributed by atoms with Gasteiger partial charge in [-0.3, -0.25) is 4.90 Å². The lowest BCUT2D eigenvalue weighted by molar-refractivity contribution is 0.0761. The molecule has 0 saturated heterocycles. The Morgan fingerprint density at radius 2 is 1.88 bits per heavy atom. The second-order valence-corrected chi connectivity index (χ2v) is 6.30. The van der Waals surface area contributed by atoms with Gasteiger partial charge in [0.05, 0.1) is 0 Å². The molecular formula is C15H32N2. The van der Waals surface area contributed by atoms with Crippen LogP contribution in [0.1, 0.15) is 53.9 Å². The normalized spacial score (nSPS) is 32.1. The largest absolute Gasteiger partial charge is 0.313 e. The summed E-state index contributed by atoms with van der Waals surface area (Å²) in [6, 6.07) is 2.09. The topological polar surface area (TPSA) is 15.3 Å². The molecule has 1 aliphatic carbocycles. The summed E-state index contributed by atoms with van der Waals surface area (Å²) in [6.45, 7) is 12.8. The molecule has 4 unspecified atom stereocenters. The van der Waals surface area contributed by atoms with Crippen molar-refractivity contribution < 1.29 is 0 Å². The monoisotopic (exact) mass is 240 g/mol. The lowest BCUT2D eigenvalue weighted by Gasteiger charge is -2.44. The van der Waals surface area contributed by atoms with Crippen molar-refractivity contribution >= 4 is 0 Å². The molecule has 17 heavy (non-hydrogen) atoms. The van der Waals surface area contributed by atoms with Crippen LogP contribution in [0.4, 0.5) is 0 Å². The number of likely N-dealkylation sites (N-methyl/N-ethyl adjacent to an activating group) is 2. The fourth-order valence-corrected chi connectivity index (χ4v) is 3.07. The van der Waals surface area contributed by atoms with Crippen LogP contribution in [0.15, 0.2) is 0 Å². The smallest absolute Gasteiger partial charge is 0.0251 e. The molecule has 0 amide bonds. The highest BCUT2D eigenvalue weighted by Gasteiger charge is 2.33. The van der Waals surface area contributed by atoms with Crippen LogP contribution in [0.2, 0.25) is 0 Å². The summed E-state index contributed by atoms with van der Waals surface area (Å²) in [6.07, 6.45) is 4.08. The Bertz CT molecular complexity index is 215. The molecule has 0 bridgehead atoms. The van der Waals surface area contributed by atoms with Crippen molar-refractivity contribution in [2.24, 2.45) is 11.8 Å². The van der Waals surface area contributed by atoms with E-state index in [1.54, 1.807) is 0 Å². The fourth-order valence-electron chi connectivity index (χ4n) is 3.07. The lowest BCUT2D eigenvalue weighted by atomic mass is 9.81. The fraction of sp³-hybridized carbons (Fsp3) is 1.00. The van der Waals surface area contributed by atoms with Crippen LogP contribution in [-0.4, -0.2) is 36.6 Å². The molecule has 0 heterocycles. The van der Waals surface area contributed by atoms with E-state index in [4.69, 9.17) is 0 Å². The van der Waals surface area contributed by atoms with Gasteiger partial charge in [-0.05, 0) is 51.6 Å². The first-order valence-corrected chi connectivity index (χ1v) is 7.42. The Morgan fingerprint density at radius 3 is 2.41 bits per heavy atom. The minimum absolute atomic E-state index is 0.673. The van der Waals surface area contributed by atoms with E-state index in [2.05, 4.69) is 51.9 Å². The maximum absolute atomic E-state index is 3.69. The number of hydrogen-bond donors (Lipinski definition) is 1. The van der Waals surface area contributed by atoms with Gasteiger partial charge in [0.1, 0.15) is 0 Å². The molecule has 0 aromatic carbocycles. The summed E-state index contributed by atoms with van der Waals surface area (Å²) < 4.78 is 0. The van der Waals surface area contributed by atoms with E-state index in [0.717, 1.165) is 24.4 Å². The molecule has 0 aromatic heterocycles. The van der Waals surface area contributed by atoms with Crippen molar-refractivity contribution in [1.29, 1.82) is 0 Å². The predicted molar refractivity (Wildman–Crippen MR) is 76.3 cm³/mol. The molecule has 2 nitrogen and oxygen atoms in total. The molecule has 0 aliphatic heterocycles.